The van der Waals surface area contributed by atoms with Crippen LogP contribution < -0.4 is 0 Å². The number of Topliss-reactive ketones (excluding diaryl/α,β-unsaturated/α-hetero) is 1. The van der Waals surface area contributed by atoms with Gasteiger partial charge in [-0.1, -0.05) is 37.3 Å². The number of phenolic OH excluding ortho intramolecular Hbond substituents is 1. The van der Waals surface area contributed by atoms with Crippen molar-refractivity contribution >= 4 is 12.3 Å². The standard InChI is InChI=1S/C25H33NO2.CH2O3/c1-4-24(25(28)17-23-19(2)10-8-11-20(23)3)26(14-6-5-7-15-26)18-21-12-9-13-22(27)16-21;2-1-4-3/h8-13,16,24H,4-7,14-15,17-18H2,1-3H3;1,3H/p+1. The molecule has 174 valence electrons. The van der Waals surface area contributed by atoms with Gasteiger partial charge >= 0.3 is 6.47 Å². The predicted octanol–water partition coefficient (Wildman–Crippen LogP) is 4.73. The van der Waals surface area contributed by atoms with Crippen molar-refractivity contribution in [3.8, 4) is 5.75 Å². The van der Waals surface area contributed by atoms with Crippen molar-refractivity contribution in [2.45, 2.75) is 65.5 Å². The number of carbonyl (C=O) groups excluding carboxylic acids is 2. The Labute approximate surface area is 191 Å². The molecule has 0 spiro atoms. The summed E-state index contributed by atoms with van der Waals surface area (Å²) in [7, 11) is 0. The highest BCUT2D eigenvalue weighted by Crippen LogP contribution is 2.30. The van der Waals surface area contributed by atoms with Crippen molar-refractivity contribution < 1.29 is 29.3 Å². The molecular formula is C26H36NO5+. The molecule has 0 bridgehead atoms. The number of likely N-dealkylation sites (tertiary alicyclic amines) is 1. The van der Waals surface area contributed by atoms with Crippen molar-refractivity contribution in [2.75, 3.05) is 13.1 Å². The van der Waals surface area contributed by atoms with Crippen molar-refractivity contribution in [3.63, 3.8) is 0 Å². The third-order valence-corrected chi connectivity index (χ3v) is 6.57. The summed E-state index contributed by atoms with van der Waals surface area (Å²) in [6, 6.07) is 13.9. The fourth-order valence-corrected chi connectivity index (χ4v) is 5.08. The lowest BCUT2D eigenvalue weighted by molar-refractivity contribution is -0.959. The van der Waals surface area contributed by atoms with Gasteiger partial charge < -0.3 is 14.5 Å². The molecule has 0 saturated carbocycles. The molecule has 32 heavy (non-hydrogen) atoms. The molecule has 1 fully saturated rings. The van der Waals surface area contributed by atoms with Gasteiger partial charge in [-0.25, -0.2) is 5.26 Å². The van der Waals surface area contributed by atoms with Gasteiger partial charge in [0, 0.05) is 18.4 Å². The summed E-state index contributed by atoms with van der Waals surface area (Å²) < 4.78 is 0.837. The monoisotopic (exact) mass is 442 g/mol. The number of piperidine rings is 1. The highest BCUT2D eigenvalue weighted by molar-refractivity contribution is 5.85. The van der Waals surface area contributed by atoms with E-state index in [0.717, 1.165) is 36.1 Å². The fraction of sp³-hybridized carbons (Fsp3) is 0.462. The number of ketones is 1. The maximum absolute atomic E-state index is 13.5. The average molecular weight is 443 g/mol. The van der Waals surface area contributed by atoms with Gasteiger partial charge in [-0.2, -0.15) is 0 Å². The Morgan fingerprint density at radius 3 is 2.22 bits per heavy atom. The topological polar surface area (TPSA) is 83.8 Å². The third-order valence-electron chi connectivity index (χ3n) is 6.57. The van der Waals surface area contributed by atoms with E-state index < -0.39 is 0 Å². The molecule has 1 aliphatic rings. The van der Waals surface area contributed by atoms with E-state index in [9.17, 15) is 9.90 Å². The molecule has 0 amide bonds. The first kappa shape index (κ1) is 25.6. The molecule has 3 rings (SSSR count). The second-order valence-corrected chi connectivity index (χ2v) is 8.69. The summed E-state index contributed by atoms with van der Waals surface area (Å²) in [5.41, 5.74) is 4.74. The highest BCUT2D eigenvalue weighted by atomic mass is 17.1. The summed E-state index contributed by atoms with van der Waals surface area (Å²) in [5, 5.41) is 16.9. The van der Waals surface area contributed by atoms with Gasteiger partial charge in [0.2, 0.25) is 0 Å². The molecular weight excluding hydrogens is 406 g/mol. The van der Waals surface area contributed by atoms with Crippen molar-refractivity contribution in [2.24, 2.45) is 0 Å². The quantitative estimate of drug-likeness (QED) is 0.267. The van der Waals surface area contributed by atoms with Crippen LogP contribution in [0.15, 0.2) is 42.5 Å². The number of aromatic hydroxyl groups is 1. The number of nitrogens with zero attached hydrogens (tertiary/aromatic N) is 1. The van der Waals surface area contributed by atoms with Gasteiger partial charge in [-0.3, -0.25) is 9.59 Å². The van der Waals surface area contributed by atoms with Crippen LogP contribution >= 0.6 is 0 Å². The Bertz CT molecular complexity index is 869. The zero-order chi connectivity index (χ0) is 23.6. The molecule has 2 aromatic rings. The van der Waals surface area contributed by atoms with Crippen LogP contribution in [0.3, 0.4) is 0 Å². The first-order valence-electron chi connectivity index (χ1n) is 11.3. The molecule has 6 heteroatoms. The number of carbonyl (C=O) groups is 2. The minimum Gasteiger partial charge on any atom is -0.508 e. The second-order valence-electron chi connectivity index (χ2n) is 8.69. The maximum Gasteiger partial charge on any atom is 0.330 e. The van der Waals surface area contributed by atoms with Gasteiger partial charge in [0.05, 0.1) is 13.1 Å². The molecule has 0 aliphatic carbocycles. The number of aryl methyl sites for hydroxylation is 2. The zero-order valence-electron chi connectivity index (χ0n) is 19.4. The first-order valence-corrected chi connectivity index (χ1v) is 11.3. The lowest BCUT2D eigenvalue weighted by Gasteiger charge is -2.46. The Morgan fingerprint density at radius 2 is 1.69 bits per heavy atom. The van der Waals surface area contributed by atoms with E-state index in [1.807, 2.05) is 12.1 Å². The van der Waals surface area contributed by atoms with Gasteiger partial charge in [-0.05, 0) is 61.9 Å². The van der Waals surface area contributed by atoms with Crippen molar-refractivity contribution in [3.05, 3.63) is 64.7 Å². The van der Waals surface area contributed by atoms with E-state index in [1.54, 1.807) is 6.07 Å². The number of hydrogen-bond donors (Lipinski definition) is 2. The molecule has 1 saturated heterocycles. The number of benzene rings is 2. The molecule has 0 radical (unpaired) electrons. The summed E-state index contributed by atoms with van der Waals surface area (Å²) in [6.07, 6.45) is 4.99. The van der Waals surface area contributed by atoms with Crippen molar-refractivity contribution in [1.29, 1.82) is 0 Å². The Morgan fingerprint density at radius 1 is 1.09 bits per heavy atom. The van der Waals surface area contributed by atoms with Crippen LogP contribution in [0.2, 0.25) is 0 Å². The number of hydrogen-bond acceptors (Lipinski definition) is 5. The minimum absolute atomic E-state index is 0.0154. The summed E-state index contributed by atoms with van der Waals surface area (Å²) >= 11 is 0. The Hall–Kier alpha value is -2.70. The van der Waals surface area contributed by atoms with E-state index in [-0.39, 0.29) is 12.5 Å². The minimum atomic E-state index is -0.0694. The molecule has 6 nitrogen and oxygen atoms in total. The molecule has 0 aromatic heterocycles. The number of quaternary nitrogens is 1. The van der Waals surface area contributed by atoms with Crippen LogP contribution in [0.25, 0.3) is 0 Å². The van der Waals surface area contributed by atoms with Crippen LogP contribution in [0.5, 0.6) is 5.75 Å². The zero-order valence-corrected chi connectivity index (χ0v) is 19.4. The smallest absolute Gasteiger partial charge is 0.330 e. The van der Waals surface area contributed by atoms with Crippen LogP contribution in [0.4, 0.5) is 0 Å². The van der Waals surface area contributed by atoms with E-state index in [0.29, 0.717) is 18.0 Å². The number of rotatable bonds is 8. The summed E-state index contributed by atoms with van der Waals surface area (Å²) in [4.78, 5) is 25.1. The van der Waals surface area contributed by atoms with E-state index in [1.165, 1.54) is 36.0 Å². The van der Waals surface area contributed by atoms with Gasteiger partial charge in [0.15, 0.2) is 5.78 Å². The van der Waals surface area contributed by atoms with Crippen molar-refractivity contribution in [1.82, 2.24) is 0 Å². The predicted molar refractivity (Wildman–Crippen MR) is 124 cm³/mol. The maximum atomic E-state index is 13.5. The van der Waals surface area contributed by atoms with Crippen LogP contribution in [0, 0.1) is 13.8 Å². The van der Waals surface area contributed by atoms with Gasteiger partial charge in [-0.15, -0.1) is 0 Å². The lowest BCUT2D eigenvalue weighted by Crippen LogP contribution is -2.60. The Kier molecular flexibility index (Phi) is 9.88. The van der Waals surface area contributed by atoms with Crippen LogP contribution in [-0.2, 0) is 27.4 Å². The van der Waals surface area contributed by atoms with E-state index >= 15 is 0 Å². The summed E-state index contributed by atoms with van der Waals surface area (Å²) in [6.45, 7) is 9.22. The SMILES string of the molecule is CCC(C(=O)Cc1c(C)cccc1C)[N+]1(Cc2cccc(O)c2)CCCCC1.O=COO. The molecule has 1 unspecified atom stereocenters. The normalized spacial score (nSPS) is 15.8. The first-order chi connectivity index (χ1) is 15.4. The highest BCUT2D eigenvalue weighted by Gasteiger charge is 2.41. The van der Waals surface area contributed by atoms with E-state index in [2.05, 4.69) is 49.9 Å². The number of phenols is 1. The van der Waals surface area contributed by atoms with E-state index in [4.69, 9.17) is 10.1 Å². The largest absolute Gasteiger partial charge is 0.508 e. The third kappa shape index (κ3) is 6.65. The lowest BCUT2D eigenvalue weighted by atomic mass is 9.91. The van der Waals surface area contributed by atoms with Crippen LogP contribution in [-0.4, -0.2) is 46.2 Å². The average Bonchev–Trinajstić information content (AvgIpc) is 2.77. The summed E-state index contributed by atoms with van der Waals surface area (Å²) in [5.74, 6) is 0.671. The van der Waals surface area contributed by atoms with Gasteiger partial charge in [0.25, 0.3) is 0 Å². The fourth-order valence-electron chi connectivity index (χ4n) is 5.08. The van der Waals surface area contributed by atoms with Crippen LogP contribution in [0.1, 0.15) is 54.9 Å². The molecule has 1 atom stereocenters. The molecule has 1 heterocycles. The molecule has 1 aliphatic heterocycles. The second kappa shape index (κ2) is 12.4. The molecule has 2 N–H and O–H groups in total. The van der Waals surface area contributed by atoms with Gasteiger partial charge in [0.1, 0.15) is 18.3 Å². The Balaban J connectivity index is 0.000000837. The molecule has 2 aromatic carbocycles.